The molecule has 0 spiro atoms. The molecular weight excluding hydrogens is 2000 g/mol. The Hall–Kier alpha value is -13.1. The minimum atomic E-state index is -1.89. The Morgan fingerprint density at radius 2 is 0.617 bits per heavy atom. The third-order valence-corrected chi connectivity index (χ3v) is 27.6. The molecule has 0 saturated carbocycles. The van der Waals surface area contributed by atoms with Crippen LogP contribution in [0.3, 0.4) is 0 Å². The van der Waals surface area contributed by atoms with Gasteiger partial charge in [-0.1, -0.05) is 154 Å². The molecule has 12 heterocycles. The molecule has 3 saturated heterocycles. The van der Waals surface area contributed by atoms with Gasteiger partial charge in [-0.05, 0) is 151 Å². The van der Waals surface area contributed by atoms with Crippen LogP contribution in [-0.2, 0) is 14.4 Å². The fourth-order valence-corrected chi connectivity index (χ4v) is 20.6. The highest BCUT2D eigenvalue weighted by atomic mass is 35.5. The summed E-state index contributed by atoms with van der Waals surface area (Å²) in [4.78, 5) is 119. The summed E-state index contributed by atoms with van der Waals surface area (Å²) in [6.07, 6.45) is 8.45. The van der Waals surface area contributed by atoms with Crippen LogP contribution in [0.25, 0.3) is 83.9 Å². The predicted octanol–water partition coefficient (Wildman–Crippen LogP) is 21.4. The van der Waals surface area contributed by atoms with Crippen molar-refractivity contribution in [1.29, 1.82) is 15.8 Å². The van der Waals surface area contributed by atoms with E-state index in [1.165, 1.54) is 50.1 Å². The number of aryl methyl sites for hydroxylation is 3. The van der Waals surface area contributed by atoms with E-state index in [4.69, 9.17) is 92.8 Å². The number of aromatic nitrogens is 9. The number of nitrogens with zero attached hydrogens (tertiary/aromatic N) is 18. The number of phenolic OH excluding ortho intramolecular Hbond substituents is 3. The topological polar surface area (TPSA) is 346 Å². The molecule has 3 fully saturated rings. The zero-order valence-corrected chi connectivity index (χ0v) is 84.0. The zero-order chi connectivity index (χ0) is 104. The van der Waals surface area contributed by atoms with Crippen molar-refractivity contribution in [2.75, 3.05) is 54.0 Å². The summed E-state index contributed by atoms with van der Waals surface area (Å²) in [5.41, 5.74) is -1.27. The molecular formula is C99H87Cl8F7N18O9. The molecule has 0 aliphatic carbocycles. The fraction of sp³-hybridized carbons (Fsp3) is 0.303. The van der Waals surface area contributed by atoms with Gasteiger partial charge in [0.1, 0.15) is 51.8 Å². The molecule has 12 aromatic rings. The maximum atomic E-state index is 15.5. The molecule has 6 atom stereocenters. The Bertz CT molecular complexity index is 6870. The Morgan fingerprint density at radius 3 is 0.844 bits per heavy atom. The second-order valence-corrected chi connectivity index (χ2v) is 38.3. The van der Waals surface area contributed by atoms with Gasteiger partial charge in [0.2, 0.25) is 23.5 Å². The molecule has 9 aromatic heterocycles. The first-order chi connectivity index (χ1) is 66.5. The molecule has 3 aromatic carbocycles. The summed E-state index contributed by atoms with van der Waals surface area (Å²) in [5, 5.41) is 58.1. The fourth-order valence-electron chi connectivity index (χ4n) is 18.7. The van der Waals surface area contributed by atoms with Gasteiger partial charge in [0, 0.05) is 110 Å². The lowest BCUT2D eigenvalue weighted by atomic mass is 10.0. The number of carbonyl (C=O) groups excluding carboxylic acids is 3. The van der Waals surface area contributed by atoms with E-state index in [2.05, 4.69) is 61.8 Å². The Labute approximate surface area is 842 Å². The monoisotopic (exact) mass is 2080 g/mol. The van der Waals surface area contributed by atoms with Crippen molar-refractivity contribution in [3.63, 3.8) is 0 Å². The van der Waals surface area contributed by atoms with Gasteiger partial charge in [-0.15, -0.1) is 0 Å². The average Bonchev–Trinajstić information content (AvgIpc) is 0.725. The molecule has 3 aliphatic heterocycles. The van der Waals surface area contributed by atoms with Gasteiger partial charge in [0.25, 0.3) is 16.7 Å². The van der Waals surface area contributed by atoms with Crippen molar-refractivity contribution in [3.8, 4) is 86.3 Å². The highest BCUT2D eigenvalue weighted by Crippen LogP contribution is 2.51. The maximum absolute atomic E-state index is 15.5. The first kappa shape index (κ1) is 105. The van der Waals surface area contributed by atoms with E-state index in [-0.39, 0.29) is 204 Å². The SMILES string of the molecule is C=CC(=O)N1[C@H](C)CN(c2c(C#N)c(=O)n(-c3c(C)ccnc3C(C)C)c3nc(-c4c(F)c(O)c(F)c(Cl)c4Cl)c(Cl)cc23)C[C@@H]1C.C=CC(=O)N1[C@H](C)CN(c2c(C#N)c(=O)n(-c3c(C)ccnc3C(C)C)c3nc(-c4c(F)c(O)c(F)c(Cl)c4Cl)c(Cl)cc23)C[C@@H]1C.C=CC(=O)N1[C@H](C)CN(c2c(C#N)c(=O)n(-c3c(C)ccnc3C(C)C)c3nc(-c4c(F)c(O)c(F)c(F)c4Cl)c(Cl)cc23)C[C@@H]1C. The second-order valence-electron chi connectivity index (χ2n) is 35.1. The molecule has 42 heteroatoms. The number of halogens is 15. The number of aromatic hydroxyl groups is 3. The number of hydrogen-bond acceptors (Lipinski definition) is 21. The smallest absolute Gasteiger partial charge is 0.276 e. The van der Waals surface area contributed by atoms with Gasteiger partial charge in [-0.2, -0.15) is 20.2 Å². The molecule has 3 N–H and O–H groups in total. The Morgan fingerprint density at radius 1 is 0.383 bits per heavy atom. The molecule has 3 aliphatic rings. The molecule has 0 radical (unpaired) electrons. The Kier molecular flexibility index (Phi) is 30.8. The van der Waals surface area contributed by atoms with Crippen LogP contribution < -0.4 is 31.4 Å². The van der Waals surface area contributed by atoms with E-state index in [0.29, 0.717) is 50.8 Å². The molecule has 15 rings (SSSR count). The first-order valence-corrected chi connectivity index (χ1v) is 46.7. The van der Waals surface area contributed by atoms with Crippen LogP contribution >= 0.6 is 92.8 Å². The number of pyridine rings is 9. The standard InChI is InChI=1S/2C33H29Cl3F2N6O3.C33H29Cl2F3N6O3/c2*1-7-21(45)43-16(5)12-42(13-17(43)6)30-18-10-20(34)28(22-23(35)24(36)26(38)31(46)25(22)37)41-32(18)44(33(47)19(30)11-39)29-15(4)8-9-40-27(29)14(2)3;1-7-21(45)43-16(5)12-42(13-17(43)6)30-18-10-20(34)28(22-23(35)25(37)26(38)31(46)24(22)36)41-32(18)44(33(47)19(30)11-39)29-15(4)8-9-40-27(29)14(2)3/h3*7-10,14,16-17,46H,1,12-13H2,2-6H3/t3*16-,17+. The van der Waals surface area contributed by atoms with Gasteiger partial charge in [0.15, 0.2) is 52.2 Å². The number of carbonyl (C=O) groups is 3. The summed E-state index contributed by atoms with van der Waals surface area (Å²) in [5.74, 6) is -16.8. The number of fused-ring (bicyclic) bond motifs is 3. The van der Waals surface area contributed by atoms with Gasteiger partial charge >= 0.3 is 0 Å². The molecule has 141 heavy (non-hydrogen) atoms. The molecule has 3 amide bonds. The van der Waals surface area contributed by atoms with Crippen LogP contribution in [0.15, 0.2) is 107 Å². The van der Waals surface area contributed by atoms with Crippen LogP contribution in [0.2, 0.25) is 40.2 Å². The van der Waals surface area contributed by atoms with Crippen molar-refractivity contribution in [1.82, 2.24) is 58.3 Å². The number of nitriles is 3. The van der Waals surface area contributed by atoms with Crippen LogP contribution in [0.1, 0.15) is 151 Å². The number of piperazine rings is 3. The Balaban J connectivity index is 0.000000178. The van der Waals surface area contributed by atoms with E-state index < -0.39 is 122 Å². The van der Waals surface area contributed by atoms with Crippen LogP contribution in [-0.4, -0.2) is 167 Å². The summed E-state index contributed by atoms with van der Waals surface area (Å²) < 4.78 is 108. The van der Waals surface area contributed by atoms with E-state index in [1.807, 2.05) is 99.0 Å². The van der Waals surface area contributed by atoms with Crippen molar-refractivity contribution in [2.24, 2.45) is 0 Å². The normalized spacial score (nSPS) is 16.6. The van der Waals surface area contributed by atoms with Crippen molar-refractivity contribution >= 4 is 161 Å². The molecule has 27 nitrogen and oxygen atoms in total. The van der Waals surface area contributed by atoms with Crippen molar-refractivity contribution < 1.29 is 60.4 Å². The highest BCUT2D eigenvalue weighted by Gasteiger charge is 2.43. The summed E-state index contributed by atoms with van der Waals surface area (Å²) in [7, 11) is 0. The number of benzene rings is 3. The molecule has 732 valence electrons. The summed E-state index contributed by atoms with van der Waals surface area (Å²) >= 11 is 50.9. The second kappa shape index (κ2) is 41.2. The van der Waals surface area contributed by atoms with Gasteiger partial charge in [-0.25, -0.2) is 41.3 Å². The van der Waals surface area contributed by atoms with Crippen molar-refractivity contribution in [3.05, 3.63) is 255 Å². The largest absolute Gasteiger partial charge is 0.503 e. The number of hydrogen-bond donors (Lipinski definition) is 3. The van der Waals surface area contributed by atoms with Crippen LogP contribution in [0, 0.1) is 95.5 Å². The zero-order valence-electron chi connectivity index (χ0n) is 78.0. The van der Waals surface area contributed by atoms with Gasteiger partial charge in [-0.3, -0.25) is 57.4 Å². The lowest BCUT2D eigenvalue weighted by Gasteiger charge is -2.45. The lowest BCUT2D eigenvalue weighted by Crippen LogP contribution is -2.58. The third-order valence-electron chi connectivity index (χ3n) is 24.8. The number of phenols is 3. The number of rotatable bonds is 15. The third kappa shape index (κ3) is 18.3. The minimum Gasteiger partial charge on any atom is -0.503 e. The number of anilines is 3. The van der Waals surface area contributed by atoms with E-state index in [9.17, 15) is 77.4 Å². The lowest BCUT2D eigenvalue weighted by molar-refractivity contribution is -0.131. The highest BCUT2D eigenvalue weighted by molar-refractivity contribution is 6.45. The predicted molar refractivity (Wildman–Crippen MR) is 532 cm³/mol. The van der Waals surface area contributed by atoms with Gasteiger partial charge in [0.05, 0.1) is 125 Å². The van der Waals surface area contributed by atoms with E-state index >= 15 is 13.2 Å². The van der Waals surface area contributed by atoms with E-state index in [0.717, 1.165) is 0 Å². The maximum Gasteiger partial charge on any atom is 0.276 e. The number of amides is 3. The van der Waals surface area contributed by atoms with Crippen molar-refractivity contribution in [2.45, 2.75) is 158 Å². The quantitative estimate of drug-likeness (QED) is 0.0371. The van der Waals surface area contributed by atoms with Crippen LogP contribution in [0.5, 0.6) is 17.2 Å². The minimum absolute atomic E-state index is 0.0401. The first-order valence-electron chi connectivity index (χ1n) is 43.7. The average molecular weight is 2090 g/mol. The van der Waals surface area contributed by atoms with Gasteiger partial charge < -0.3 is 44.7 Å². The molecule has 0 bridgehead atoms. The summed E-state index contributed by atoms with van der Waals surface area (Å²) in [6, 6.07) is 13.3. The molecule has 0 unspecified atom stereocenters. The summed E-state index contributed by atoms with van der Waals surface area (Å²) in [6.45, 7) is 39.7. The van der Waals surface area contributed by atoms with Crippen LogP contribution in [0.4, 0.5) is 47.8 Å². The van der Waals surface area contributed by atoms with E-state index in [1.54, 1.807) is 77.2 Å².